The van der Waals surface area contributed by atoms with Gasteiger partial charge in [0.25, 0.3) is 0 Å². The highest BCUT2D eigenvalue weighted by Gasteiger charge is 2.30. The van der Waals surface area contributed by atoms with E-state index in [9.17, 15) is 0 Å². The largest absolute Gasteiger partial charge is 0.424 e. The molecule has 2 aliphatic rings. The third kappa shape index (κ3) is 3.82. The summed E-state index contributed by atoms with van der Waals surface area (Å²) < 4.78 is 5.78. The molecule has 24 heavy (non-hydrogen) atoms. The van der Waals surface area contributed by atoms with Gasteiger partial charge in [0.2, 0.25) is 11.8 Å². The van der Waals surface area contributed by atoms with Crippen molar-refractivity contribution in [2.75, 3.05) is 26.7 Å². The second kappa shape index (κ2) is 6.99. The Bertz CT molecular complexity index is 654. The zero-order chi connectivity index (χ0) is 16.4. The molecular weight excluding hydrogens is 302 g/mol. The topological polar surface area (TPSA) is 58.3 Å². The molecule has 1 aliphatic heterocycles. The minimum Gasteiger partial charge on any atom is -0.424 e. The number of rotatable bonds is 7. The van der Waals surface area contributed by atoms with E-state index in [0.29, 0.717) is 12.0 Å². The van der Waals surface area contributed by atoms with Gasteiger partial charge in [-0.25, -0.2) is 0 Å². The van der Waals surface area contributed by atoms with E-state index in [4.69, 9.17) is 4.42 Å². The first-order chi connectivity index (χ1) is 11.8. The van der Waals surface area contributed by atoms with Gasteiger partial charge in [-0.2, -0.15) is 0 Å². The monoisotopic (exact) mass is 327 g/mol. The fourth-order valence-corrected chi connectivity index (χ4v) is 3.36. The molecule has 128 valence electrons. The van der Waals surface area contributed by atoms with E-state index in [1.807, 2.05) is 12.3 Å². The average Bonchev–Trinajstić information content (AvgIpc) is 3.17. The molecule has 6 nitrogen and oxygen atoms in total. The minimum absolute atomic E-state index is 0.533. The van der Waals surface area contributed by atoms with Gasteiger partial charge >= 0.3 is 0 Å². The van der Waals surface area contributed by atoms with Crippen LogP contribution >= 0.6 is 0 Å². The molecular formula is C18H25N5O. The molecule has 1 atom stereocenters. The van der Waals surface area contributed by atoms with Crippen molar-refractivity contribution in [1.29, 1.82) is 0 Å². The van der Waals surface area contributed by atoms with Gasteiger partial charge < -0.3 is 9.32 Å². The van der Waals surface area contributed by atoms with E-state index < -0.39 is 0 Å². The van der Waals surface area contributed by atoms with Crippen molar-refractivity contribution in [2.24, 2.45) is 0 Å². The van der Waals surface area contributed by atoms with Crippen LogP contribution in [-0.2, 0) is 13.0 Å². The van der Waals surface area contributed by atoms with Crippen molar-refractivity contribution >= 4 is 0 Å². The number of likely N-dealkylation sites (N-methyl/N-ethyl adjacent to an activating group) is 1. The van der Waals surface area contributed by atoms with E-state index in [-0.39, 0.29) is 0 Å². The normalized spacial score (nSPS) is 21.7. The van der Waals surface area contributed by atoms with Gasteiger partial charge in [-0.3, -0.25) is 9.88 Å². The third-order valence-corrected chi connectivity index (χ3v) is 5.07. The lowest BCUT2D eigenvalue weighted by Crippen LogP contribution is -2.34. The molecule has 0 N–H and O–H groups in total. The number of hydrogen-bond donors (Lipinski definition) is 0. The zero-order valence-corrected chi connectivity index (χ0v) is 14.3. The molecule has 6 heteroatoms. The maximum atomic E-state index is 5.78. The van der Waals surface area contributed by atoms with Gasteiger partial charge in [0.05, 0.1) is 6.54 Å². The smallest absolute Gasteiger partial charge is 0.230 e. The van der Waals surface area contributed by atoms with Crippen molar-refractivity contribution in [3.8, 4) is 0 Å². The number of aromatic nitrogens is 3. The van der Waals surface area contributed by atoms with E-state index in [1.165, 1.54) is 25.0 Å². The Hall–Kier alpha value is -1.79. The van der Waals surface area contributed by atoms with Crippen molar-refractivity contribution in [1.82, 2.24) is 25.0 Å². The fraction of sp³-hybridized carbons (Fsp3) is 0.611. The number of pyridine rings is 1. The Morgan fingerprint density at radius 3 is 2.96 bits per heavy atom. The van der Waals surface area contributed by atoms with E-state index >= 15 is 0 Å². The molecule has 4 rings (SSSR count). The molecule has 2 aromatic rings. The number of likely N-dealkylation sites (tertiary alicyclic amines) is 1. The maximum absolute atomic E-state index is 5.78. The third-order valence-electron chi connectivity index (χ3n) is 5.07. The van der Waals surface area contributed by atoms with Crippen LogP contribution in [0.3, 0.4) is 0 Å². The Balaban J connectivity index is 1.24. The first-order valence-corrected chi connectivity index (χ1v) is 8.93. The summed E-state index contributed by atoms with van der Waals surface area (Å²) in [6.07, 6.45) is 6.49. The summed E-state index contributed by atoms with van der Waals surface area (Å²) in [5, 5.41) is 8.38. The van der Waals surface area contributed by atoms with Gasteiger partial charge in [-0.05, 0) is 45.0 Å². The highest BCUT2D eigenvalue weighted by molar-refractivity contribution is 5.04. The van der Waals surface area contributed by atoms with Crippen molar-refractivity contribution in [3.63, 3.8) is 0 Å². The standard InChI is InChI=1S/C18H25N5O/c1-22(13-17-20-21-18(24-17)14-5-6-14)16-8-11-23(12-16)10-7-15-4-2-3-9-19-15/h2-4,9,14,16H,5-8,10-13H2,1H3/t16-/m1/s1. The van der Waals surface area contributed by atoms with Crippen molar-refractivity contribution in [3.05, 3.63) is 41.9 Å². The molecule has 1 aliphatic carbocycles. The molecule has 0 unspecified atom stereocenters. The Morgan fingerprint density at radius 1 is 1.25 bits per heavy atom. The van der Waals surface area contributed by atoms with Crippen LogP contribution in [0, 0.1) is 0 Å². The minimum atomic E-state index is 0.533. The van der Waals surface area contributed by atoms with Gasteiger partial charge in [0, 0.05) is 43.4 Å². The van der Waals surface area contributed by atoms with Gasteiger partial charge in [-0.15, -0.1) is 10.2 Å². The molecule has 0 radical (unpaired) electrons. The fourth-order valence-electron chi connectivity index (χ4n) is 3.36. The summed E-state index contributed by atoms with van der Waals surface area (Å²) in [6.45, 7) is 4.08. The summed E-state index contributed by atoms with van der Waals surface area (Å²) in [5.74, 6) is 2.12. The van der Waals surface area contributed by atoms with Crippen LogP contribution in [0.2, 0.25) is 0 Å². The second-order valence-corrected chi connectivity index (χ2v) is 7.04. The number of hydrogen-bond acceptors (Lipinski definition) is 6. The highest BCUT2D eigenvalue weighted by Crippen LogP contribution is 2.39. The van der Waals surface area contributed by atoms with Crippen LogP contribution in [-0.4, -0.2) is 57.7 Å². The van der Waals surface area contributed by atoms with Crippen molar-refractivity contribution < 1.29 is 4.42 Å². The molecule has 0 bridgehead atoms. The maximum Gasteiger partial charge on any atom is 0.230 e. The molecule has 0 aromatic carbocycles. The molecule has 3 heterocycles. The van der Waals surface area contributed by atoms with Crippen LogP contribution in [0.5, 0.6) is 0 Å². The lowest BCUT2D eigenvalue weighted by Gasteiger charge is -2.23. The van der Waals surface area contributed by atoms with Crippen LogP contribution in [0.4, 0.5) is 0 Å². The molecule has 1 saturated heterocycles. The average molecular weight is 327 g/mol. The van der Waals surface area contributed by atoms with Crippen LogP contribution in [0.15, 0.2) is 28.8 Å². The van der Waals surface area contributed by atoms with Gasteiger partial charge in [0.1, 0.15) is 0 Å². The molecule has 2 fully saturated rings. The Kier molecular flexibility index (Phi) is 4.58. The predicted octanol–water partition coefficient (Wildman–Crippen LogP) is 2.09. The SMILES string of the molecule is CN(Cc1nnc(C2CC2)o1)[C@@H]1CCN(CCc2ccccn2)C1. The van der Waals surface area contributed by atoms with Crippen LogP contribution < -0.4 is 0 Å². The van der Waals surface area contributed by atoms with E-state index in [1.54, 1.807) is 0 Å². The molecule has 0 spiro atoms. The summed E-state index contributed by atoms with van der Waals surface area (Å²) >= 11 is 0. The van der Waals surface area contributed by atoms with Crippen LogP contribution in [0.1, 0.15) is 42.7 Å². The van der Waals surface area contributed by atoms with Gasteiger partial charge in [-0.1, -0.05) is 6.07 Å². The van der Waals surface area contributed by atoms with Crippen molar-refractivity contribution in [2.45, 2.75) is 44.2 Å². The molecule has 2 aromatic heterocycles. The zero-order valence-electron chi connectivity index (χ0n) is 14.3. The second-order valence-electron chi connectivity index (χ2n) is 7.04. The predicted molar refractivity (Wildman–Crippen MR) is 90.5 cm³/mol. The highest BCUT2D eigenvalue weighted by atomic mass is 16.4. The Morgan fingerprint density at radius 2 is 2.17 bits per heavy atom. The van der Waals surface area contributed by atoms with Crippen LogP contribution in [0.25, 0.3) is 0 Å². The summed E-state index contributed by atoms with van der Waals surface area (Å²) in [4.78, 5) is 9.29. The van der Waals surface area contributed by atoms with Gasteiger partial charge in [0.15, 0.2) is 0 Å². The number of nitrogens with zero attached hydrogens (tertiary/aromatic N) is 5. The first kappa shape index (κ1) is 15.7. The summed E-state index contributed by atoms with van der Waals surface area (Å²) in [7, 11) is 2.16. The summed E-state index contributed by atoms with van der Waals surface area (Å²) in [6, 6.07) is 6.69. The van der Waals surface area contributed by atoms with E-state index in [0.717, 1.165) is 44.4 Å². The molecule has 0 amide bonds. The van der Waals surface area contributed by atoms with E-state index in [2.05, 4.69) is 44.2 Å². The first-order valence-electron chi connectivity index (χ1n) is 8.93. The lowest BCUT2D eigenvalue weighted by molar-refractivity contribution is 0.206. The lowest BCUT2D eigenvalue weighted by atomic mass is 10.2. The summed E-state index contributed by atoms with van der Waals surface area (Å²) in [5.41, 5.74) is 1.17. The quantitative estimate of drug-likeness (QED) is 0.776. The Labute approximate surface area is 142 Å². The molecule has 1 saturated carbocycles.